The van der Waals surface area contributed by atoms with Crippen LogP contribution in [0, 0.1) is 5.92 Å². The van der Waals surface area contributed by atoms with Gasteiger partial charge in [0.2, 0.25) is 17.7 Å². The Hall–Kier alpha value is -3.18. The number of carbonyl (C=O) groups is 4. The zero-order valence-corrected chi connectivity index (χ0v) is 19.4. The van der Waals surface area contributed by atoms with Crippen molar-refractivity contribution in [2.24, 2.45) is 5.92 Å². The summed E-state index contributed by atoms with van der Waals surface area (Å²) in [5.74, 6) is -3.28. The lowest BCUT2D eigenvalue weighted by Gasteiger charge is -2.28. The molecule has 0 radical (unpaired) electrons. The molecule has 0 aliphatic carbocycles. The summed E-state index contributed by atoms with van der Waals surface area (Å²) in [6, 6.07) is 2.00. The van der Waals surface area contributed by atoms with Crippen molar-refractivity contribution in [3.63, 3.8) is 0 Å². The maximum atomic E-state index is 13.2. The molecule has 3 amide bonds. The number of carboxylic acid groups (broad SMARTS) is 1. The number of aliphatic hydroxyl groups is 1. The minimum absolute atomic E-state index is 0.000966. The van der Waals surface area contributed by atoms with E-state index in [0.29, 0.717) is 18.4 Å². The molecule has 0 aromatic heterocycles. The van der Waals surface area contributed by atoms with Crippen LogP contribution in [0.4, 0.5) is 0 Å². The zero-order valence-electron chi connectivity index (χ0n) is 19.4. The summed E-state index contributed by atoms with van der Waals surface area (Å²) in [6.07, 6.45) is 2.13. The maximum absolute atomic E-state index is 13.2. The molecule has 1 aromatic rings. The second-order valence-corrected chi connectivity index (χ2v) is 8.53. The van der Waals surface area contributed by atoms with Crippen LogP contribution in [0.25, 0.3) is 0 Å². The van der Waals surface area contributed by atoms with Crippen molar-refractivity contribution in [3.05, 3.63) is 29.8 Å². The number of carboxylic acids is 1. The zero-order chi connectivity index (χ0) is 25.3. The summed E-state index contributed by atoms with van der Waals surface area (Å²) in [7, 11) is 0. The highest BCUT2D eigenvalue weighted by molar-refractivity contribution is 5.94. The van der Waals surface area contributed by atoms with Crippen LogP contribution in [0.2, 0.25) is 0 Å². The van der Waals surface area contributed by atoms with Gasteiger partial charge in [0, 0.05) is 6.42 Å². The molecular formula is C23H34N4O7. The number of benzene rings is 1. The van der Waals surface area contributed by atoms with Gasteiger partial charge < -0.3 is 36.6 Å². The third kappa shape index (κ3) is 7.70. The molecule has 0 bridgehead atoms. The minimum Gasteiger partial charge on any atom is -0.508 e. The van der Waals surface area contributed by atoms with Gasteiger partial charge in [0.15, 0.2) is 0 Å². The molecule has 5 unspecified atom stereocenters. The summed E-state index contributed by atoms with van der Waals surface area (Å²) in [5, 5.41) is 38.6. The van der Waals surface area contributed by atoms with Crippen LogP contribution in [0.15, 0.2) is 24.3 Å². The Morgan fingerprint density at radius 3 is 2.24 bits per heavy atom. The van der Waals surface area contributed by atoms with E-state index in [1.807, 2.05) is 13.8 Å². The SMILES string of the molecule is CCC(C)C(NC(=O)C1CCCN1)C(=O)NC(Cc1ccc(O)cc1)C(=O)NC(CO)C(=O)O. The Bertz CT molecular complexity index is 855. The first kappa shape index (κ1) is 27.1. The van der Waals surface area contributed by atoms with E-state index in [0.717, 1.165) is 13.0 Å². The van der Waals surface area contributed by atoms with Crippen LogP contribution < -0.4 is 21.3 Å². The smallest absolute Gasteiger partial charge is 0.328 e. The van der Waals surface area contributed by atoms with Gasteiger partial charge >= 0.3 is 5.97 Å². The van der Waals surface area contributed by atoms with Crippen LogP contribution in [-0.4, -0.2) is 76.3 Å². The average molecular weight is 479 g/mol. The van der Waals surface area contributed by atoms with Gasteiger partial charge in [-0.2, -0.15) is 0 Å². The fourth-order valence-electron chi connectivity index (χ4n) is 3.66. The number of aromatic hydroxyl groups is 1. The van der Waals surface area contributed by atoms with E-state index in [-0.39, 0.29) is 30.0 Å². The molecule has 2 rings (SSSR count). The van der Waals surface area contributed by atoms with Gasteiger partial charge in [-0.25, -0.2) is 4.79 Å². The molecule has 34 heavy (non-hydrogen) atoms. The van der Waals surface area contributed by atoms with E-state index in [4.69, 9.17) is 5.11 Å². The van der Waals surface area contributed by atoms with Crippen molar-refractivity contribution in [3.8, 4) is 5.75 Å². The van der Waals surface area contributed by atoms with Crippen molar-refractivity contribution in [1.29, 1.82) is 0 Å². The van der Waals surface area contributed by atoms with Crippen molar-refractivity contribution in [2.75, 3.05) is 13.2 Å². The first-order valence-corrected chi connectivity index (χ1v) is 11.4. The van der Waals surface area contributed by atoms with E-state index in [1.54, 1.807) is 12.1 Å². The minimum atomic E-state index is -1.54. The molecule has 1 aliphatic heterocycles. The fraction of sp³-hybridized carbons (Fsp3) is 0.565. The third-order valence-corrected chi connectivity index (χ3v) is 5.98. The number of amides is 3. The first-order chi connectivity index (χ1) is 16.2. The summed E-state index contributed by atoms with van der Waals surface area (Å²) >= 11 is 0. The van der Waals surface area contributed by atoms with E-state index in [9.17, 15) is 29.4 Å². The second kappa shape index (κ2) is 12.9. The van der Waals surface area contributed by atoms with Crippen LogP contribution in [-0.2, 0) is 25.6 Å². The predicted octanol–water partition coefficient (Wildman–Crippen LogP) is -0.736. The molecule has 11 nitrogen and oxygen atoms in total. The second-order valence-electron chi connectivity index (χ2n) is 8.53. The van der Waals surface area contributed by atoms with Crippen molar-refractivity contribution >= 4 is 23.7 Å². The molecule has 1 aromatic carbocycles. The molecule has 11 heteroatoms. The van der Waals surface area contributed by atoms with E-state index in [2.05, 4.69) is 21.3 Å². The Morgan fingerprint density at radius 2 is 1.71 bits per heavy atom. The number of hydrogen-bond acceptors (Lipinski definition) is 7. The summed E-state index contributed by atoms with van der Waals surface area (Å²) in [5.41, 5.74) is 0.605. The molecule has 1 heterocycles. The van der Waals surface area contributed by atoms with Gasteiger partial charge in [0.05, 0.1) is 12.6 Å². The Kier molecular flexibility index (Phi) is 10.3. The van der Waals surface area contributed by atoms with Gasteiger partial charge in [-0.3, -0.25) is 14.4 Å². The number of aliphatic hydroxyl groups excluding tert-OH is 1. The average Bonchev–Trinajstić information content (AvgIpc) is 3.36. The number of carbonyl (C=O) groups excluding carboxylic acids is 3. The normalized spacial score (nSPS) is 18.9. The van der Waals surface area contributed by atoms with Crippen molar-refractivity contribution < 1.29 is 34.5 Å². The molecule has 0 saturated carbocycles. The van der Waals surface area contributed by atoms with Crippen molar-refractivity contribution in [1.82, 2.24) is 21.3 Å². The number of hydrogen-bond donors (Lipinski definition) is 7. The van der Waals surface area contributed by atoms with Gasteiger partial charge in [-0.05, 0) is 43.0 Å². The van der Waals surface area contributed by atoms with Crippen LogP contribution in [0.5, 0.6) is 5.75 Å². The quantitative estimate of drug-likeness (QED) is 0.205. The Morgan fingerprint density at radius 1 is 1.06 bits per heavy atom. The van der Waals surface area contributed by atoms with E-state index < -0.39 is 42.5 Å². The molecule has 0 spiro atoms. The third-order valence-electron chi connectivity index (χ3n) is 5.98. The standard InChI is InChI=1S/C23H34N4O7/c1-3-13(2)19(27-20(30)16-5-4-10-24-16)22(32)25-17(11-14-6-8-15(29)9-7-14)21(31)26-18(12-28)23(33)34/h6-9,13,16-19,24,28-29H,3-5,10-12H2,1-2H3,(H,25,32)(H,26,31)(H,27,30)(H,33,34). The molecule has 1 aliphatic rings. The van der Waals surface area contributed by atoms with Crippen LogP contribution >= 0.6 is 0 Å². The Labute approximate surface area is 198 Å². The van der Waals surface area contributed by atoms with Gasteiger partial charge in [0.25, 0.3) is 0 Å². The van der Waals surface area contributed by atoms with E-state index >= 15 is 0 Å². The molecule has 7 N–H and O–H groups in total. The van der Waals surface area contributed by atoms with E-state index in [1.165, 1.54) is 12.1 Å². The highest BCUT2D eigenvalue weighted by Crippen LogP contribution is 2.14. The summed E-state index contributed by atoms with van der Waals surface area (Å²) < 4.78 is 0. The first-order valence-electron chi connectivity index (χ1n) is 11.4. The molecule has 5 atom stereocenters. The molecule has 1 fully saturated rings. The molecule has 1 saturated heterocycles. The largest absolute Gasteiger partial charge is 0.508 e. The predicted molar refractivity (Wildman–Crippen MR) is 123 cm³/mol. The summed E-state index contributed by atoms with van der Waals surface area (Å²) in [6.45, 7) is 3.60. The monoisotopic (exact) mass is 478 g/mol. The molecule has 188 valence electrons. The highest BCUT2D eigenvalue weighted by atomic mass is 16.4. The summed E-state index contributed by atoms with van der Waals surface area (Å²) in [4.78, 5) is 50.0. The number of phenols is 1. The van der Waals surface area contributed by atoms with Gasteiger partial charge in [-0.15, -0.1) is 0 Å². The lowest BCUT2D eigenvalue weighted by Crippen LogP contribution is -2.59. The maximum Gasteiger partial charge on any atom is 0.328 e. The number of phenolic OH excluding ortho intramolecular Hbond substituents is 1. The molecular weight excluding hydrogens is 444 g/mol. The Balaban J connectivity index is 2.21. The van der Waals surface area contributed by atoms with Gasteiger partial charge in [-0.1, -0.05) is 32.4 Å². The highest BCUT2D eigenvalue weighted by Gasteiger charge is 2.33. The lowest BCUT2D eigenvalue weighted by atomic mass is 9.96. The van der Waals surface area contributed by atoms with Crippen LogP contribution in [0.3, 0.4) is 0 Å². The van der Waals surface area contributed by atoms with Crippen molar-refractivity contribution in [2.45, 2.75) is 63.7 Å². The fourth-order valence-corrected chi connectivity index (χ4v) is 3.66. The lowest BCUT2D eigenvalue weighted by molar-refractivity contribution is -0.143. The number of aliphatic carboxylic acids is 1. The van der Waals surface area contributed by atoms with Gasteiger partial charge in [0.1, 0.15) is 23.9 Å². The topological polar surface area (TPSA) is 177 Å². The number of rotatable bonds is 12. The van der Waals surface area contributed by atoms with Crippen LogP contribution in [0.1, 0.15) is 38.7 Å². The number of nitrogens with one attached hydrogen (secondary N) is 4.